The Bertz CT molecular complexity index is 777. The normalized spacial score (nSPS) is 19.6. The quantitative estimate of drug-likeness (QED) is 0.463. The molecule has 1 aliphatic heterocycles. The van der Waals surface area contributed by atoms with Gasteiger partial charge >= 0.3 is 6.18 Å². The Kier molecular flexibility index (Phi) is 6.23. The fourth-order valence-electron chi connectivity index (χ4n) is 2.61. The highest BCUT2D eigenvalue weighted by Gasteiger charge is 2.40. The lowest BCUT2D eigenvalue weighted by atomic mass is 10.2. The van der Waals surface area contributed by atoms with E-state index in [2.05, 4.69) is 15.3 Å². The number of nitrogens with zero attached hydrogens (tertiary/aromatic N) is 3. The Labute approximate surface area is 156 Å². The number of ether oxygens (including phenoxy) is 1. The molecule has 7 nitrogen and oxygen atoms in total. The summed E-state index contributed by atoms with van der Waals surface area (Å²) in [5.74, 6) is 0.680. The van der Waals surface area contributed by atoms with E-state index in [0.717, 1.165) is 18.3 Å². The second-order valence-corrected chi connectivity index (χ2v) is 9.45. The van der Waals surface area contributed by atoms with Crippen LogP contribution in [0, 0.1) is 0 Å². The number of aliphatic imine (C=N–C) groups is 1. The molecule has 2 rings (SSSR count). The monoisotopic (exact) mass is 408 g/mol. The molecule has 0 radical (unpaired) electrons. The molecule has 0 saturated carbocycles. The van der Waals surface area contributed by atoms with Crippen LogP contribution < -0.4 is 10.1 Å². The molecular formula is C16H23F3N4O3S. The van der Waals surface area contributed by atoms with E-state index in [9.17, 15) is 21.6 Å². The van der Waals surface area contributed by atoms with Gasteiger partial charge in [0.2, 0.25) is 5.88 Å². The third kappa shape index (κ3) is 5.24. The Balaban J connectivity index is 1.84. The summed E-state index contributed by atoms with van der Waals surface area (Å²) in [6.07, 6.45) is -3.72. The summed E-state index contributed by atoms with van der Waals surface area (Å²) in [6.45, 7) is 4.51. The predicted octanol–water partition coefficient (Wildman–Crippen LogP) is 1.56. The Hall–Kier alpha value is -2.04. The molecule has 1 fully saturated rings. The van der Waals surface area contributed by atoms with Gasteiger partial charge in [0.25, 0.3) is 0 Å². The molecule has 1 aromatic rings. The van der Waals surface area contributed by atoms with E-state index in [0.29, 0.717) is 25.6 Å². The molecule has 11 heteroatoms. The minimum Gasteiger partial charge on any atom is -0.476 e. The molecule has 0 bridgehead atoms. The maximum absolute atomic E-state index is 12.5. The van der Waals surface area contributed by atoms with Crippen molar-refractivity contribution < 1.29 is 26.3 Å². The highest BCUT2D eigenvalue weighted by molar-refractivity contribution is 7.92. The average molecular weight is 408 g/mol. The molecule has 0 unspecified atom stereocenters. The zero-order valence-electron chi connectivity index (χ0n) is 15.4. The fraction of sp³-hybridized carbons (Fsp3) is 0.625. The number of halogens is 3. The zero-order chi connectivity index (χ0) is 20.3. The van der Waals surface area contributed by atoms with E-state index < -0.39 is 26.3 Å². The summed E-state index contributed by atoms with van der Waals surface area (Å²) in [4.78, 5) is 9.64. The van der Waals surface area contributed by atoms with Gasteiger partial charge < -0.3 is 15.0 Å². The van der Waals surface area contributed by atoms with Gasteiger partial charge in [0.1, 0.15) is 6.61 Å². The lowest BCUT2D eigenvalue weighted by Gasteiger charge is -2.39. The minimum absolute atomic E-state index is 0.0483. The SMILES string of the molecule is CN=C(NCCOc1ccc(C(F)(F)F)cn1)N1CCS(=O)(=O)C(C)(C)C1. The topological polar surface area (TPSA) is 83.9 Å². The number of nitrogens with one attached hydrogen (secondary N) is 1. The van der Waals surface area contributed by atoms with Crippen LogP contribution in [0.2, 0.25) is 0 Å². The molecule has 1 saturated heterocycles. The van der Waals surface area contributed by atoms with Crippen molar-refractivity contribution in [1.82, 2.24) is 15.2 Å². The second-order valence-electron chi connectivity index (χ2n) is 6.71. The average Bonchev–Trinajstić information content (AvgIpc) is 2.57. The third-order valence-corrected chi connectivity index (χ3v) is 6.79. The number of hydrogen-bond acceptors (Lipinski definition) is 5. The van der Waals surface area contributed by atoms with Gasteiger partial charge in [-0.2, -0.15) is 13.2 Å². The molecule has 1 N–H and O–H groups in total. The van der Waals surface area contributed by atoms with Gasteiger partial charge in [-0.15, -0.1) is 0 Å². The van der Waals surface area contributed by atoms with E-state index in [1.54, 1.807) is 20.9 Å². The number of aromatic nitrogens is 1. The number of hydrogen-bond donors (Lipinski definition) is 1. The first-order valence-corrected chi connectivity index (χ1v) is 9.95. The van der Waals surface area contributed by atoms with E-state index in [4.69, 9.17) is 4.74 Å². The Morgan fingerprint density at radius 1 is 1.41 bits per heavy atom. The van der Waals surface area contributed by atoms with Crippen molar-refractivity contribution in [3.05, 3.63) is 23.9 Å². The largest absolute Gasteiger partial charge is 0.476 e. The molecule has 1 aromatic heterocycles. The van der Waals surface area contributed by atoms with Gasteiger partial charge in [0, 0.05) is 32.4 Å². The van der Waals surface area contributed by atoms with E-state index >= 15 is 0 Å². The molecule has 0 atom stereocenters. The van der Waals surface area contributed by atoms with Crippen LogP contribution in [-0.2, 0) is 16.0 Å². The fourth-order valence-corrected chi connectivity index (χ4v) is 3.97. The second kappa shape index (κ2) is 7.91. The van der Waals surface area contributed by atoms with Crippen molar-refractivity contribution in [1.29, 1.82) is 0 Å². The van der Waals surface area contributed by atoms with E-state index in [1.807, 2.05) is 4.90 Å². The van der Waals surface area contributed by atoms with Crippen molar-refractivity contribution in [2.75, 3.05) is 39.0 Å². The first kappa shape index (κ1) is 21.3. The van der Waals surface area contributed by atoms with Crippen LogP contribution in [0.1, 0.15) is 19.4 Å². The van der Waals surface area contributed by atoms with Crippen LogP contribution in [0.3, 0.4) is 0 Å². The van der Waals surface area contributed by atoms with Crippen LogP contribution >= 0.6 is 0 Å². The summed E-state index contributed by atoms with van der Waals surface area (Å²) >= 11 is 0. The number of rotatable bonds is 4. The summed E-state index contributed by atoms with van der Waals surface area (Å²) in [6, 6.07) is 2.07. The van der Waals surface area contributed by atoms with Crippen LogP contribution in [0.15, 0.2) is 23.3 Å². The molecule has 27 heavy (non-hydrogen) atoms. The lowest BCUT2D eigenvalue weighted by molar-refractivity contribution is -0.137. The molecule has 1 aliphatic rings. The molecule has 152 valence electrons. The van der Waals surface area contributed by atoms with Gasteiger partial charge in [-0.1, -0.05) is 0 Å². The van der Waals surface area contributed by atoms with Gasteiger partial charge in [-0.05, 0) is 19.9 Å². The summed E-state index contributed by atoms with van der Waals surface area (Å²) in [5, 5.41) is 3.06. The molecule has 0 spiro atoms. The maximum Gasteiger partial charge on any atom is 0.417 e. The summed E-state index contributed by atoms with van der Waals surface area (Å²) in [5.41, 5.74) is -0.837. The molecular weight excluding hydrogens is 385 g/mol. The van der Waals surface area contributed by atoms with Crippen LogP contribution in [0.25, 0.3) is 0 Å². The molecule has 0 amide bonds. The number of guanidine groups is 1. The van der Waals surface area contributed by atoms with E-state index in [1.165, 1.54) is 0 Å². The van der Waals surface area contributed by atoms with Gasteiger partial charge in [-0.3, -0.25) is 4.99 Å². The van der Waals surface area contributed by atoms with Crippen molar-refractivity contribution >= 4 is 15.8 Å². The number of pyridine rings is 1. The number of sulfone groups is 1. The van der Waals surface area contributed by atoms with Crippen LogP contribution in [0.5, 0.6) is 5.88 Å². The smallest absolute Gasteiger partial charge is 0.417 e. The standard InChI is InChI=1S/C16H23F3N4O3S/c1-15(2)11-23(7-9-27(15,24)25)14(20-3)21-6-8-26-13-5-4-12(10-22-13)16(17,18)19/h4-5,10H,6-9,11H2,1-3H3,(H,20,21). The Morgan fingerprint density at radius 3 is 2.63 bits per heavy atom. The summed E-state index contributed by atoms with van der Waals surface area (Å²) in [7, 11) is -1.55. The zero-order valence-corrected chi connectivity index (χ0v) is 16.2. The lowest BCUT2D eigenvalue weighted by Crippen LogP contribution is -2.57. The van der Waals surface area contributed by atoms with Gasteiger partial charge in [0.15, 0.2) is 15.8 Å². The molecule has 2 heterocycles. The van der Waals surface area contributed by atoms with Crippen molar-refractivity contribution in [3.63, 3.8) is 0 Å². The number of alkyl halides is 3. The first-order chi connectivity index (χ1) is 12.5. The highest BCUT2D eigenvalue weighted by atomic mass is 32.2. The third-order valence-electron chi connectivity index (χ3n) is 4.25. The van der Waals surface area contributed by atoms with E-state index in [-0.39, 0.29) is 18.2 Å². The Morgan fingerprint density at radius 2 is 2.11 bits per heavy atom. The van der Waals surface area contributed by atoms with Crippen molar-refractivity contribution in [3.8, 4) is 5.88 Å². The van der Waals surface area contributed by atoms with Gasteiger partial charge in [0.05, 0.1) is 22.6 Å². The van der Waals surface area contributed by atoms with Gasteiger partial charge in [-0.25, -0.2) is 13.4 Å². The molecule has 0 aromatic carbocycles. The molecule has 0 aliphatic carbocycles. The van der Waals surface area contributed by atoms with Crippen molar-refractivity contribution in [2.24, 2.45) is 4.99 Å². The maximum atomic E-state index is 12.5. The minimum atomic E-state index is -4.44. The van der Waals surface area contributed by atoms with Crippen LogP contribution in [0.4, 0.5) is 13.2 Å². The predicted molar refractivity (Wildman–Crippen MR) is 95.5 cm³/mol. The van der Waals surface area contributed by atoms with Crippen molar-refractivity contribution in [2.45, 2.75) is 24.8 Å². The first-order valence-electron chi connectivity index (χ1n) is 8.30. The highest BCUT2D eigenvalue weighted by Crippen LogP contribution is 2.29. The summed E-state index contributed by atoms with van der Waals surface area (Å²) < 4.78 is 66.1. The van der Waals surface area contributed by atoms with Crippen LogP contribution in [-0.4, -0.2) is 68.0 Å².